The lowest BCUT2D eigenvalue weighted by Crippen LogP contribution is -2.39. The first-order chi connectivity index (χ1) is 8.70. The summed E-state index contributed by atoms with van der Waals surface area (Å²) < 4.78 is 10.5. The number of nitrogens with one attached hydrogen (secondary N) is 2. The van der Waals surface area contributed by atoms with Gasteiger partial charge in [-0.3, -0.25) is 4.99 Å². The van der Waals surface area contributed by atoms with Crippen molar-refractivity contribution >= 4 is 5.96 Å². The number of hydrogen-bond acceptors (Lipinski definition) is 3. The molecule has 0 bridgehead atoms. The quantitative estimate of drug-likeness (QED) is 0.352. The summed E-state index contributed by atoms with van der Waals surface area (Å²) in [5.74, 6) is 1.52. The highest BCUT2D eigenvalue weighted by Crippen LogP contribution is 1.98. The van der Waals surface area contributed by atoms with Crippen LogP contribution in [0.5, 0.6) is 0 Å². The Morgan fingerprint density at radius 2 is 1.83 bits per heavy atom. The van der Waals surface area contributed by atoms with E-state index in [0.717, 1.165) is 45.1 Å². The lowest BCUT2D eigenvalue weighted by molar-refractivity contribution is 0.128. The fourth-order valence-electron chi connectivity index (χ4n) is 1.31. The van der Waals surface area contributed by atoms with Crippen molar-refractivity contribution in [2.45, 2.75) is 26.7 Å². The van der Waals surface area contributed by atoms with Crippen LogP contribution < -0.4 is 10.6 Å². The van der Waals surface area contributed by atoms with Gasteiger partial charge in [-0.25, -0.2) is 0 Å². The van der Waals surface area contributed by atoms with E-state index in [-0.39, 0.29) is 0 Å². The first kappa shape index (κ1) is 17.2. The molecular weight excluding hydrogens is 230 g/mol. The van der Waals surface area contributed by atoms with Crippen molar-refractivity contribution in [2.24, 2.45) is 10.9 Å². The number of aliphatic imine (C=N–C) groups is 1. The molecule has 0 heterocycles. The zero-order valence-corrected chi connectivity index (χ0v) is 12.3. The molecule has 0 aromatic heterocycles. The van der Waals surface area contributed by atoms with Crippen LogP contribution in [0.2, 0.25) is 0 Å². The van der Waals surface area contributed by atoms with Gasteiger partial charge in [-0.1, -0.05) is 13.8 Å². The number of guanidine groups is 1. The Morgan fingerprint density at radius 3 is 2.44 bits per heavy atom. The van der Waals surface area contributed by atoms with Crippen molar-refractivity contribution in [3.63, 3.8) is 0 Å². The monoisotopic (exact) mass is 259 g/mol. The fraction of sp³-hybridized carbons (Fsp3) is 0.923. The fourth-order valence-corrected chi connectivity index (χ4v) is 1.31. The van der Waals surface area contributed by atoms with E-state index in [0.29, 0.717) is 12.5 Å². The van der Waals surface area contributed by atoms with Gasteiger partial charge in [0.15, 0.2) is 5.96 Å². The Balaban J connectivity index is 3.39. The number of rotatable bonds is 10. The Hall–Kier alpha value is -0.810. The minimum atomic E-state index is 0.702. The summed E-state index contributed by atoms with van der Waals surface area (Å²) in [6.07, 6.45) is 2.09. The van der Waals surface area contributed by atoms with Gasteiger partial charge in [0.05, 0.1) is 6.61 Å². The second-order valence-corrected chi connectivity index (χ2v) is 4.57. The van der Waals surface area contributed by atoms with Gasteiger partial charge in [0, 0.05) is 40.5 Å². The lowest BCUT2D eigenvalue weighted by atomic mass is 10.1. The number of nitrogens with zero attached hydrogens (tertiary/aromatic N) is 1. The second-order valence-electron chi connectivity index (χ2n) is 4.57. The maximum Gasteiger partial charge on any atom is 0.191 e. The normalized spacial score (nSPS) is 11.9. The average molecular weight is 259 g/mol. The summed E-state index contributed by atoms with van der Waals surface area (Å²) in [6, 6.07) is 0. The molecule has 2 N–H and O–H groups in total. The van der Waals surface area contributed by atoms with Crippen LogP contribution in [-0.2, 0) is 9.47 Å². The van der Waals surface area contributed by atoms with E-state index in [1.54, 1.807) is 14.2 Å². The van der Waals surface area contributed by atoms with E-state index in [1.807, 2.05) is 0 Å². The van der Waals surface area contributed by atoms with E-state index < -0.39 is 0 Å². The molecule has 0 atom stereocenters. The first-order valence-electron chi connectivity index (χ1n) is 6.72. The molecule has 108 valence electrons. The summed E-state index contributed by atoms with van der Waals surface area (Å²) in [5, 5.41) is 6.42. The number of ether oxygens (including phenoxy) is 2. The van der Waals surface area contributed by atoms with E-state index in [1.165, 1.54) is 0 Å². The molecule has 0 spiro atoms. The SMILES string of the molecule is CN=C(NCCCOC)NCCOCCC(C)C. The molecular formula is C13H29N3O2. The predicted octanol–water partition coefficient (Wildman–Crippen LogP) is 1.25. The molecule has 0 radical (unpaired) electrons. The lowest BCUT2D eigenvalue weighted by Gasteiger charge is -2.12. The Kier molecular flexibility index (Phi) is 12.1. The Labute approximate surface area is 111 Å². The van der Waals surface area contributed by atoms with E-state index >= 15 is 0 Å². The van der Waals surface area contributed by atoms with Crippen LogP contribution in [0.1, 0.15) is 26.7 Å². The van der Waals surface area contributed by atoms with Gasteiger partial charge in [-0.2, -0.15) is 0 Å². The minimum absolute atomic E-state index is 0.702. The van der Waals surface area contributed by atoms with Crippen molar-refractivity contribution in [3.05, 3.63) is 0 Å². The summed E-state index contributed by atoms with van der Waals surface area (Å²) in [6.45, 7) is 8.36. The molecule has 0 rings (SSSR count). The second kappa shape index (κ2) is 12.6. The van der Waals surface area contributed by atoms with Gasteiger partial charge >= 0.3 is 0 Å². The van der Waals surface area contributed by atoms with Crippen molar-refractivity contribution in [1.29, 1.82) is 0 Å². The van der Waals surface area contributed by atoms with Crippen molar-refractivity contribution in [3.8, 4) is 0 Å². The van der Waals surface area contributed by atoms with Crippen LogP contribution in [0.25, 0.3) is 0 Å². The van der Waals surface area contributed by atoms with E-state index in [2.05, 4.69) is 29.5 Å². The molecule has 5 heteroatoms. The van der Waals surface area contributed by atoms with Gasteiger partial charge in [-0.05, 0) is 18.8 Å². The van der Waals surface area contributed by atoms with Crippen LogP contribution in [0.15, 0.2) is 4.99 Å². The maximum atomic E-state index is 5.52. The molecule has 5 nitrogen and oxygen atoms in total. The molecule has 0 aliphatic carbocycles. The summed E-state index contributed by atoms with van der Waals surface area (Å²) in [4.78, 5) is 4.13. The smallest absolute Gasteiger partial charge is 0.191 e. The number of methoxy groups -OCH3 is 1. The van der Waals surface area contributed by atoms with Crippen LogP contribution in [0.4, 0.5) is 0 Å². The van der Waals surface area contributed by atoms with Gasteiger partial charge < -0.3 is 20.1 Å². The third-order valence-corrected chi connectivity index (χ3v) is 2.42. The molecule has 0 fully saturated rings. The van der Waals surface area contributed by atoms with Crippen molar-refractivity contribution < 1.29 is 9.47 Å². The zero-order valence-electron chi connectivity index (χ0n) is 12.3. The largest absolute Gasteiger partial charge is 0.385 e. The highest BCUT2D eigenvalue weighted by Gasteiger charge is 1.97. The van der Waals surface area contributed by atoms with E-state index in [4.69, 9.17) is 9.47 Å². The van der Waals surface area contributed by atoms with Gasteiger partial charge in [0.25, 0.3) is 0 Å². The molecule has 0 aromatic rings. The molecule has 0 unspecified atom stereocenters. The van der Waals surface area contributed by atoms with Gasteiger partial charge in [0.2, 0.25) is 0 Å². The Bertz CT molecular complexity index is 208. The van der Waals surface area contributed by atoms with E-state index in [9.17, 15) is 0 Å². The van der Waals surface area contributed by atoms with Crippen molar-refractivity contribution in [2.75, 3.05) is 47.1 Å². The van der Waals surface area contributed by atoms with Crippen LogP contribution in [0.3, 0.4) is 0 Å². The predicted molar refractivity (Wildman–Crippen MR) is 76.1 cm³/mol. The molecule has 0 saturated carbocycles. The van der Waals surface area contributed by atoms with Crippen LogP contribution in [-0.4, -0.2) is 53.0 Å². The molecule has 0 aromatic carbocycles. The average Bonchev–Trinajstić information content (AvgIpc) is 2.35. The third-order valence-electron chi connectivity index (χ3n) is 2.42. The maximum absolute atomic E-state index is 5.52. The summed E-state index contributed by atoms with van der Waals surface area (Å²) >= 11 is 0. The summed E-state index contributed by atoms with van der Waals surface area (Å²) in [5.41, 5.74) is 0. The van der Waals surface area contributed by atoms with Crippen molar-refractivity contribution in [1.82, 2.24) is 10.6 Å². The van der Waals surface area contributed by atoms with Crippen LogP contribution in [0, 0.1) is 5.92 Å². The summed E-state index contributed by atoms with van der Waals surface area (Å²) in [7, 11) is 3.48. The van der Waals surface area contributed by atoms with Gasteiger partial charge in [-0.15, -0.1) is 0 Å². The topological polar surface area (TPSA) is 54.9 Å². The molecule has 0 aliphatic rings. The number of hydrogen-bond donors (Lipinski definition) is 2. The molecule has 0 amide bonds. The molecule has 18 heavy (non-hydrogen) atoms. The first-order valence-corrected chi connectivity index (χ1v) is 6.72. The standard InChI is InChI=1S/C13H29N3O2/c1-12(2)6-10-18-11-8-16-13(14-3)15-7-5-9-17-4/h12H,5-11H2,1-4H3,(H2,14,15,16). The third kappa shape index (κ3) is 11.7. The van der Waals surface area contributed by atoms with Gasteiger partial charge in [0.1, 0.15) is 0 Å². The molecule has 0 aliphatic heterocycles. The van der Waals surface area contributed by atoms with Crippen LogP contribution >= 0.6 is 0 Å². The zero-order chi connectivity index (χ0) is 13.6. The molecule has 0 saturated heterocycles. The minimum Gasteiger partial charge on any atom is -0.385 e. The Morgan fingerprint density at radius 1 is 1.11 bits per heavy atom. The highest BCUT2D eigenvalue weighted by atomic mass is 16.5. The highest BCUT2D eigenvalue weighted by molar-refractivity contribution is 5.79.